The Morgan fingerprint density at radius 2 is 0.619 bits per heavy atom. The van der Waals surface area contributed by atoms with Gasteiger partial charge in [0.05, 0.1) is 0 Å². The molecule has 0 unspecified atom stereocenters. The normalized spacial score (nSPS) is 18.0. The van der Waals surface area contributed by atoms with Crippen molar-refractivity contribution >= 4 is 11.4 Å². The molecule has 5 heteroatoms. The molecule has 0 aromatic carbocycles. The Hall–Kier alpha value is 1.44. The van der Waals surface area contributed by atoms with Gasteiger partial charge in [-0.3, -0.25) is 0 Å². The van der Waals surface area contributed by atoms with Crippen LogP contribution in [0.3, 0.4) is 0 Å². The van der Waals surface area contributed by atoms with Gasteiger partial charge in [0, 0.05) is 0 Å². The second kappa shape index (κ2) is 6.06. The molecule has 0 atom stereocenters. The molecule has 0 saturated heterocycles. The van der Waals surface area contributed by atoms with Crippen LogP contribution in [-0.4, -0.2) is 30.4 Å². The van der Waals surface area contributed by atoms with Gasteiger partial charge in [-0.2, -0.15) is 0 Å². The fraction of sp³-hybridized carbons (Fsp3) is 1.00. The van der Waals surface area contributed by atoms with E-state index in [0.29, 0.717) is 0 Å². The summed E-state index contributed by atoms with van der Waals surface area (Å²) >= 11 is 0.0556. The van der Waals surface area contributed by atoms with E-state index in [2.05, 4.69) is 83.1 Å². The van der Waals surface area contributed by atoms with Gasteiger partial charge in [-0.25, -0.2) is 0 Å². The average molecular weight is 433 g/mol. The van der Waals surface area contributed by atoms with Crippen LogP contribution >= 0.6 is 11.4 Å². The van der Waals surface area contributed by atoms with Crippen LogP contribution in [0.4, 0.5) is 0 Å². The molecule has 0 bridgehead atoms. The quantitative estimate of drug-likeness (QED) is 0.452. The number of hydrogen-bond donors (Lipinski definition) is 2. The fourth-order valence-electron chi connectivity index (χ4n) is 2.89. The van der Waals surface area contributed by atoms with E-state index in [1.54, 1.807) is 0 Å². The Morgan fingerprint density at radius 3 is 0.714 bits per heavy atom. The first-order valence-electron chi connectivity index (χ1n) is 7.76. The van der Waals surface area contributed by atoms with Crippen molar-refractivity contribution in [3.63, 3.8) is 0 Å². The molecular formula is C16H40O2P2Pd. The zero-order chi connectivity index (χ0) is 17.7. The zero-order valence-corrected chi connectivity index (χ0v) is 19.8. The summed E-state index contributed by atoms with van der Waals surface area (Å²) < 4.78 is 0. The van der Waals surface area contributed by atoms with Crippen molar-refractivity contribution in [3.05, 3.63) is 0 Å². The van der Waals surface area contributed by atoms with Gasteiger partial charge in [0.15, 0.2) is 0 Å². The second-order valence-corrected chi connectivity index (χ2v) is 29.4. The van der Waals surface area contributed by atoms with Gasteiger partial charge >= 0.3 is 142 Å². The Labute approximate surface area is 141 Å². The molecule has 21 heavy (non-hydrogen) atoms. The van der Waals surface area contributed by atoms with Crippen molar-refractivity contribution < 1.29 is 26.8 Å². The Morgan fingerprint density at radius 1 is 0.476 bits per heavy atom. The number of hydrogen-bond acceptors (Lipinski definition) is 2. The third-order valence-electron chi connectivity index (χ3n) is 4.02. The van der Waals surface area contributed by atoms with Crippen molar-refractivity contribution in [2.75, 3.05) is 0 Å². The summed E-state index contributed by atoms with van der Waals surface area (Å²) in [6.07, 6.45) is 0. The molecule has 0 aliphatic carbocycles. The van der Waals surface area contributed by atoms with E-state index >= 15 is 0 Å². The van der Waals surface area contributed by atoms with Crippen molar-refractivity contribution in [1.82, 2.24) is 0 Å². The fourth-order valence-corrected chi connectivity index (χ4v) is 40.8. The van der Waals surface area contributed by atoms with E-state index in [4.69, 9.17) is 0 Å². The average Bonchev–Trinajstić information content (AvgIpc) is 2.09. The summed E-state index contributed by atoms with van der Waals surface area (Å²) in [6.45, 7) is 25.9. The molecular weight excluding hydrogens is 393 g/mol. The van der Waals surface area contributed by atoms with Crippen molar-refractivity contribution in [1.29, 1.82) is 0 Å². The Bertz CT molecular complexity index is 304. The Kier molecular flexibility index (Phi) is 6.48. The summed E-state index contributed by atoms with van der Waals surface area (Å²) in [5.41, 5.74) is -5.29. The molecule has 2 N–H and O–H groups in total. The predicted octanol–water partition coefficient (Wildman–Crippen LogP) is 5.41. The van der Waals surface area contributed by atoms with Gasteiger partial charge in [0.2, 0.25) is 0 Å². The van der Waals surface area contributed by atoms with Crippen LogP contribution in [0.5, 0.6) is 0 Å². The summed E-state index contributed by atoms with van der Waals surface area (Å²) in [5.74, 6) is 0. The van der Waals surface area contributed by atoms with Crippen molar-refractivity contribution in [3.8, 4) is 0 Å². The molecule has 0 heterocycles. The van der Waals surface area contributed by atoms with E-state index in [1.807, 2.05) is 0 Å². The van der Waals surface area contributed by atoms with Crippen LogP contribution in [0.25, 0.3) is 0 Å². The third-order valence-corrected chi connectivity index (χ3v) is 37.5. The van der Waals surface area contributed by atoms with Crippen LogP contribution < -0.4 is 0 Å². The topological polar surface area (TPSA) is 40.5 Å². The molecule has 0 aliphatic heterocycles. The molecule has 0 aromatic rings. The van der Waals surface area contributed by atoms with Crippen molar-refractivity contribution in [2.45, 2.75) is 104 Å². The molecule has 136 valence electrons. The summed E-state index contributed by atoms with van der Waals surface area (Å²) in [5, 5.41) is -0.511. The third kappa shape index (κ3) is 4.29. The summed E-state index contributed by atoms with van der Waals surface area (Å²) in [4.78, 5) is 23.6. The van der Waals surface area contributed by atoms with Gasteiger partial charge in [-0.1, -0.05) is 0 Å². The van der Waals surface area contributed by atoms with Crippen molar-refractivity contribution in [2.24, 2.45) is 0 Å². The van der Waals surface area contributed by atoms with Crippen LogP contribution in [-0.2, 0) is 17.0 Å². The van der Waals surface area contributed by atoms with E-state index < -0.39 is 11.4 Å². The first-order valence-corrected chi connectivity index (χ1v) is 16.0. The summed E-state index contributed by atoms with van der Waals surface area (Å²) in [6, 6.07) is 0. The van der Waals surface area contributed by atoms with Crippen LogP contribution in [0.15, 0.2) is 0 Å². The first kappa shape index (κ1) is 22.4. The molecule has 0 aliphatic rings. The van der Waals surface area contributed by atoms with Gasteiger partial charge in [0.1, 0.15) is 0 Å². The monoisotopic (exact) mass is 432 g/mol. The standard InChI is InChI=1S/2C8H19OP.Pd/c2*1-7(2,3)10(9)8(4,5)6;/h2*9H,1-6H3;/q;;-2/p+2. The van der Waals surface area contributed by atoms with E-state index in [0.717, 1.165) is 0 Å². The van der Waals surface area contributed by atoms with Crippen LogP contribution in [0, 0.1) is 0 Å². The van der Waals surface area contributed by atoms with Gasteiger partial charge in [-0.05, 0) is 0 Å². The van der Waals surface area contributed by atoms with E-state index in [-0.39, 0.29) is 37.6 Å². The molecule has 0 rings (SSSR count). The minimum atomic E-state index is -2.65. The van der Waals surface area contributed by atoms with Gasteiger partial charge in [0.25, 0.3) is 0 Å². The van der Waals surface area contributed by atoms with Crippen LogP contribution in [0.1, 0.15) is 83.1 Å². The van der Waals surface area contributed by atoms with Gasteiger partial charge in [-0.15, -0.1) is 0 Å². The predicted molar refractivity (Wildman–Crippen MR) is 100 cm³/mol. The minimum absolute atomic E-state index is 0.0556. The maximum atomic E-state index is 11.8. The molecule has 0 aromatic heterocycles. The molecule has 0 fully saturated rings. The second-order valence-electron chi connectivity index (χ2n) is 10.2. The first-order chi connectivity index (χ1) is 8.71. The van der Waals surface area contributed by atoms with E-state index in [1.165, 1.54) is 0 Å². The molecule has 2 nitrogen and oxygen atoms in total. The Balaban J connectivity index is 6.15. The SMILES string of the molecule is CC(C)(C)[PH](O)([Pd][PH](O)(C(C)(C)C)C(C)(C)C)C(C)(C)C. The molecule has 0 amide bonds. The van der Waals surface area contributed by atoms with Gasteiger partial charge < -0.3 is 0 Å². The molecule has 0 spiro atoms. The molecule has 0 saturated carbocycles. The number of rotatable bonds is 2. The maximum absolute atomic E-state index is 11.8. The molecule has 0 radical (unpaired) electrons. The summed E-state index contributed by atoms with van der Waals surface area (Å²) in [7, 11) is 0. The zero-order valence-electron chi connectivity index (χ0n) is 16.2. The van der Waals surface area contributed by atoms with E-state index in [9.17, 15) is 9.79 Å². The van der Waals surface area contributed by atoms with Crippen LogP contribution in [0.2, 0.25) is 0 Å².